The summed E-state index contributed by atoms with van der Waals surface area (Å²) in [5.74, 6) is -1.42. The van der Waals surface area contributed by atoms with Crippen molar-refractivity contribution in [1.29, 1.82) is 0 Å². The smallest absolute Gasteiger partial charge is 0.228 e. The standard InChI is InChI=1S/C40H76N4O6.C39H74N4O6/c1-18-27(6)36(43(15)38(47)28(7)22-32(45)35(26(4)5)41(13)24-40(10,11)12)33(49-16)23-34(46)44-21-19-20-31(44)37(50-17)29(8)39(48)42(14)30(9)25(2)3;1-17-26(5)35(42(14)37(46)27(6)22-31(44)34(25(3)4)40(12)24-39(9,10)11)32(48-15)23-33(45)43-21-19-20-30(43)36(49-16)29(8)38(47)41(13)28(7)18-2/h25-31,33,35-37H,18-24H2,1-17H3;25-30,32,34-36H,17-24H2,1-16H3/t27-,28+,29+,30+,31-,33+,35-,36-,37+;26-,27+,28+,29+,30-,32+,34-,35-,36+/m00/s1. The maximum atomic E-state index is 14.1. The molecule has 2 rings (SSSR count). The summed E-state index contributed by atoms with van der Waals surface area (Å²) < 4.78 is 23.9. The normalized spacial score (nSPS) is 20.3. The SMILES string of the molecule is CC[C@@H](C)N(C)C(=O)[C@H](C)[C@@H](OC)[C@@H]1CCCN1C(=O)C[C@@H](OC)[C@H]([C@@H](C)CC)N(C)C(=O)[C@H](C)CC(=O)[C@H](C(C)C)N(C)CC(C)(C)C.CC[C@H](C)[C@@H]([C@@H](CC(=O)N1CCC[C@H]1[C@H](OC)[C@@H](C)C(=O)N(C)[C@H](C)C(C)C)OC)N(C)C(=O)[C@H](C)CC(=O)[C@H](C(C)C)N(C)CC(C)(C)C. The molecular weight excluding hydrogens is 1250 g/mol. The van der Waals surface area contributed by atoms with Crippen molar-refractivity contribution in [2.24, 2.45) is 64.1 Å². The minimum atomic E-state index is -0.546. The first-order valence-electron chi connectivity index (χ1n) is 38.0. The molecule has 0 aromatic carbocycles. The molecule has 0 spiro atoms. The number of rotatable bonds is 40. The molecule has 0 aromatic heterocycles. The summed E-state index contributed by atoms with van der Waals surface area (Å²) in [6, 6.07) is -1.54. The predicted octanol–water partition coefficient (Wildman–Crippen LogP) is 11.8. The van der Waals surface area contributed by atoms with Crippen LogP contribution in [0.15, 0.2) is 0 Å². The lowest BCUT2D eigenvalue weighted by Crippen LogP contribution is -2.54. The molecule has 0 saturated carbocycles. The second kappa shape index (κ2) is 42.6. The lowest BCUT2D eigenvalue weighted by molar-refractivity contribution is -0.149. The Labute approximate surface area is 604 Å². The topological polar surface area (TPSA) is 199 Å². The van der Waals surface area contributed by atoms with Gasteiger partial charge in [0.2, 0.25) is 35.4 Å². The molecule has 0 N–H and O–H groups in total. The Morgan fingerprint density at radius 1 is 0.424 bits per heavy atom. The van der Waals surface area contributed by atoms with Crippen molar-refractivity contribution in [3.05, 3.63) is 0 Å². The largest absolute Gasteiger partial charge is 0.379 e. The number of hydrogen-bond donors (Lipinski definition) is 0. The van der Waals surface area contributed by atoms with Crippen LogP contribution in [0.5, 0.6) is 0 Å². The maximum absolute atomic E-state index is 14.1. The van der Waals surface area contributed by atoms with Gasteiger partial charge in [0.1, 0.15) is 0 Å². The van der Waals surface area contributed by atoms with Crippen LogP contribution in [0.1, 0.15) is 230 Å². The molecule has 0 aromatic rings. The fourth-order valence-electron chi connectivity index (χ4n) is 16.0. The zero-order chi connectivity index (χ0) is 76.8. The molecule has 0 aliphatic carbocycles. The minimum Gasteiger partial charge on any atom is -0.379 e. The van der Waals surface area contributed by atoms with Crippen LogP contribution < -0.4 is 0 Å². The molecule has 0 radical (unpaired) electrons. The van der Waals surface area contributed by atoms with E-state index >= 15 is 0 Å². The van der Waals surface area contributed by atoms with Gasteiger partial charge in [-0.25, -0.2) is 0 Å². The van der Waals surface area contributed by atoms with Crippen LogP contribution in [0, 0.1) is 64.1 Å². The van der Waals surface area contributed by atoms with Crippen molar-refractivity contribution >= 4 is 47.0 Å². The van der Waals surface area contributed by atoms with Gasteiger partial charge < -0.3 is 48.3 Å². The third-order valence-electron chi connectivity index (χ3n) is 22.2. The lowest BCUT2D eigenvalue weighted by Gasteiger charge is -2.40. The van der Waals surface area contributed by atoms with E-state index in [0.717, 1.165) is 58.0 Å². The molecule has 2 saturated heterocycles. The average molecular weight is 1400 g/mol. The van der Waals surface area contributed by atoms with Gasteiger partial charge >= 0.3 is 0 Å². The first kappa shape index (κ1) is 92.9. The van der Waals surface area contributed by atoms with E-state index in [-0.39, 0.29) is 156 Å². The van der Waals surface area contributed by atoms with E-state index in [1.165, 1.54) is 0 Å². The zero-order valence-corrected chi connectivity index (χ0v) is 69.2. The van der Waals surface area contributed by atoms with E-state index in [4.69, 9.17) is 18.9 Å². The number of ketones is 2. The quantitative estimate of drug-likeness (QED) is 0.0561. The van der Waals surface area contributed by atoms with Gasteiger partial charge in [-0.05, 0) is 100 Å². The zero-order valence-electron chi connectivity index (χ0n) is 69.2. The number of amides is 6. The molecule has 20 nitrogen and oxygen atoms in total. The Balaban J connectivity index is 0.000000990. The van der Waals surface area contributed by atoms with Gasteiger partial charge in [0.15, 0.2) is 11.6 Å². The number of carbonyl (C=O) groups excluding carboxylic acids is 8. The molecule has 0 bridgehead atoms. The molecule has 2 fully saturated rings. The summed E-state index contributed by atoms with van der Waals surface area (Å²) in [5, 5.41) is 0. The molecule has 2 aliphatic heterocycles. The van der Waals surface area contributed by atoms with Gasteiger partial charge in [-0.1, -0.05) is 158 Å². The van der Waals surface area contributed by atoms with Crippen molar-refractivity contribution in [3.8, 4) is 0 Å². The van der Waals surface area contributed by atoms with E-state index in [2.05, 4.69) is 134 Å². The number of methoxy groups -OCH3 is 4. The fraction of sp³-hybridized carbons (Fsp3) is 0.899. The minimum absolute atomic E-state index is 0.0113. The third kappa shape index (κ3) is 26.8. The van der Waals surface area contributed by atoms with E-state index in [9.17, 15) is 38.4 Å². The number of carbonyl (C=O) groups is 8. The highest BCUT2D eigenvalue weighted by Crippen LogP contribution is 2.34. The van der Waals surface area contributed by atoms with Crippen LogP contribution in [-0.2, 0) is 57.3 Å². The molecule has 20 heteroatoms. The molecule has 18 atom stereocenters. The van der Waals surface area contributed by atoms with Crippen LogP contribution in [0.2, 0.25) is 0 Å². The second-order valence-electron chi connectivity index (χ2n) is 33.8. The number of ether oxygens (including phenoxy) is 4. The van der Waals surface area contributed by atoms with Crippen LogP contribution in [0.3, 0.4) is 0 Å². The maximum Gasteiger partial charge on any atom is 0.228 e. The monoisotopic (exact) mass is 1400 g/mol. The van der Waals surface area contributed by atoms with E-state index in [1.807, 2.05) is 72.6 Å². The summed E-state index contributed by atoms with van der Waals surface area (Å²) in [6.45, 7) is 50.0. The summed E-state index contributed by atoms with van der Waals surface area (Å²) in [7, 11) is 17.7. The number of hydrogen-bond acceptors (Lipinski definition) is 14. The Bertz CT molecular complexity index is 2480. The van der Waals surface area contributed by atoms with Crippen LogP contribution in [-0.4, -0.2) is 256 Å². The van der Waals surface area contributed by atoms with E-state index < -0.39 is 48.1 Å². The highest BCUT2D eigenvalue weighted by molar-refractivity contribution is 5.91. The van der Waals surface area contributed by atoms with Gasteiger partial charge in [0.05, 0.1) is 85.3 Å². The molecule has 99 heavy (non-hydrogen) atoms. The third-order valence-corrected chi connectivity index (χ3v) is 22.2. The van der Waals surface area contributed by atoms with Crippen molar-refractivity contribution in [2.45, 2.75) is 303 Å². The number of nitrogens with zero attached hydrogens (tertiary/aromatic N) is 8. The predicted molar refractivity (Wildman–Crippen MR) is 401 cm³/mol. The summed E-state index contributed by atoms with van der Waals surface area (Å²) in [6.07, 6.45) is 4.15. The van der Waals surface area contributed by atoms with Crippen molar-refractivity contribution in [1.82, 2.24) is 39.2 Å². The summed E-state index contributed by atoms with van der Waals surface area (Å²) in [4.78, 5) is 125. The van der Waals surface area contributed by atoms with Crippen LogP contribution in [0.25, 0.3) is 0 Å². The lowest BCUT2D eigenvalue weighted by atomic mass is 9.87. The van der Waals surface area contributed by atoms with Crippen LogP contribution in [0.4, 0.5) is 0 Å². The van der Waals surface area contributed by atoms with Gasteiger partial charge in [-0.3, -0.25) is 48.2 Å². The van der Waals surface area contributed by atoms with Crippen LogP contribution >= 0.6 is 0 Å². The number of Topliss-reactive ketones (excluding diaryl/α,β-unsaturated/α-hetero) is 2. The van der Waals surface area contributed by atoms with Crippen molar-refractivity contribution in [2.75, 3.05) is 96.9 Å². The molecular formula is C79H150N8O12. The van der Waals surface area contributed by atoms with Crippen molar-refractivity contribution in [3.63, 3.8) is 0 Å². The molecule has 0 unspecified atom stereocenters. The first-order chi connectivity index (χ1) is 45.7. The van der Waals surface area contributed by atoms with E-state index in [1.54, 1.807) is 62.1 Å². The van der Waals surface area contributed by atoms with Gasteiger partial charge in [0, 0.05) is 120 Å². The Kier molecular flexibility index (Phi) is 40.0. The van der Waals surface area contributed by atoms with Crippen molar-refractivity contribution < 1.29 is 57.3 Å². The number of likely N-dealkylation sites (tertiary alicyclic amines) is 2. The molecule has 6 amide bonds. The molecule has 2 aliphatic rings. The highest BCUT2D eigenvalue weighted by Gasteiger charge is 2.46. The Morgan fingerprint density at radius 3 is 1.01 bits per heavy atom. The Hall–Kier alpha value is -4.08. The first-order valence-corrected chi connectivity index (χ1v) is 38.0. The summed E-state index contributed by atoms with van der Waals surface area (Å²) in [5.41, 5.74) is 0.0806. The molecule has 578 valence electrons. The number of likely N-dealkylation sites (N-methyl/N-ethyl adjacent to an activating group) is 4. The van der Waals surface area contributed by atoms with Gasteiger partial charge in [-0.15, -0.1) is 0 Å². The second-order valence-corrected chi connectivity index (χ2v) is 33.8. The summed E-state index contributed by atoms with van der Waals surface area (Å²) >= 11 is 0. The average Bonchev–Trinajstić information content (AvgIpc) is 1.78. The van der Waals surface area contributed by atoms with Gasteiger partial charge in [0.25, 0.3) is 0 Å². The fourth-order valence-corrected chi connectivity index (χ4v) is 16.0. The van der Waals surface area contributed by atoms with E-state index in [0.29, 0.717) is 19.0 Å². The van der Waals surface area contributed by atoms with Gasteiger partial charge in [-0.2, -0.15) is 0 Å². The Morgan fingerprint density at radius 2 is 0.747 bits per heavy atom. The highest BCUT2D eigenvalue weighted by atomic mass is 16.5. The molecule has 2 heterocycles.